The molecule has 1 aromatic rings. The van der Waals surface area contributed by atoms with E-state index in [1.807, 2.05) is 26.8 Å². The molecule has 6 nitrogen and oxygen atoms in total. The van der Waals surface area contributed by atoms with Crippen molar-refractivity contribution in [2.75, 3.05) is 26.7 Å². The normalized spacial score (nSPS) is 11.4. The molecule has 8 heteroatoms. The number of alkyl carbamates (subject to hydrolysis) is 1. The minimum atomic E-state index is -0.486. The Balaban J connectivity index is 0.00000676. The number of carbonyl (C=O) groups excluding carboxylic acids is 1. The first kappa shape index (κ1) is 25.4. The molecule has 1 aromatic carbocycles. The molecule has 3 N–H and O–H groups in total. The van der Waals surface area contributed by atoms with Crippen molar-refractivity contribution in [1.82, 2.24) is 16.0 Å². The van der Waals surface area contributed by atoms with Crippen LogP contribution in [-0.2, 0) is 11.2 Å². The zero-order chi connectivity index (χ0) is 19.4. The van der Waals surface area contributed by atoms with Crippen LogP contribution < -0.4 is 16.0 Å². The number of aryl methyl sites for hydroxylation is 1. The fourth-order valence-corrected chi connectivity index (χ4v) is 2.21. The molecular formula is C19H32FIN4O2. The molecule has 0 unspecified atom stereocenters. The zero-order valence-corrected chi connectivity index (χ0v) is 18.9. The second kappa shape index (κ2) is 13.6. The Labute approximate surface area is 178 Å². The third-order valence-corrected chi connectivity index (χ3v) is 3.36. The molecule has 0 aliphatic carbocycles. The molecule has 0 fully saturated rings. The number of carbonyl (C=O) groups is 1. The number of nitrogens with zero attached hydrogens (tertiary/aromatic N) is 1. The first-order valence-electron chi connectivity index (χ1n) is 8.96. The Morgan fingerprint density at radius 2 is 1.74 bits per heavy atom. The van der Waals surface area contributed by atoms with Gasteiger partial charge in [0.25, 0.3) is 0 Å². The third kappa shape index (κ3) is 13.3. The van der Waals surface area contributed by atoms with Gasteiger partial charge in [-0.2, -0.15) is 0 Å². The van der Waals surface area contributed by atoms with Gasteiger partial charge in [-0.1, -0.05) is 12.1 Å². The Bertz CT molecular complexity index is 591. The fraction of sp³-hybridized carbons (Fsp3) is 0.579. The largest absolute Gasteiger partial charge is 0.444 e. The van der Waals surface area contributed by atoms with E-state index >= 15 is 0 Å². The molecule has 1 amide bonds. The van der Waals surface area contributed by atoms with Gasteiger partial charge in [-0.15, -0.1) is 24.0 Å². The number of hydrogen-bond acceptors (Lipinski definition) is 3. The number of amides is 1. The minimum absolute atomic E-state index is 0. The van der Waals surface area contributed by atoms with Gasteiger partial charge < -0.3 is 20.7 Å². The molecule has 154 valence electrons. The molecule has 0 aliphatic rings. The van der Waals surface area contributed by atoms with Crippen LogP contribution in [0.2, 0.25) is 0 Å². The first-order chi connectivity index (χ1) is 12.3. The first-order valence-corrected chi connectivity index (χ1v) is 8.96. The van der Waals surface area contributed by atoms with E-state index in [0.717, 1.165) is 31.4 Å². The van der Waals surface area contributed by atoms with Gasteiger partial charge >= 0.3 is 6.09 Å². The number of benzene rings is 1. The van der Waals surface area contributed by atoms with Crippen LogP contribution in [0.4, 0.5) is 9.18 Å². The highest BCUT2D eigenvalue weighted by molar-refractivity contribution is 14.0. The molecule has 0 atom stereocenters. The summed E-state index contributed by atoms with van der Waals surface area (Å²) in [6, 6.07) is 6.66. The predicted molar refractivity (Wildman–Crippen MR) is 118 cm³/mol. The quantitative estimate of drug-likeness (QED) is 0.224. The molecular weight excluding hydrogens is 462 g/mol. The van der Waals surface area contributed by atoms with E-state index in [1.165, 1.54) is 6.07 Å². The average Bonchev–Trinajstić information content (AvgIpc) is 2.55. The summed E-state index contributed by atoms with van der Waals surface area (Å²) in [7, 11) is 1.71. The molecule has 0 saturated heterocycles. The van der Waals surface area contributed by atoms with E-state index in [9.17, 15) is 9.18 Å². The van der Waals surface area contributed by atoms with Crippen molar-refractivity contribution < 1.29 is 13.9 Å². The molecule has 0 spiro atoms. The average molecular weight is 494 g/mol. The van der Waals surface area contributed by atoms with E-state index < -0.39 is 11.7 Å². The van der Waals surface area contributed by atoms with Crippen molar-refractivity contribution in [2.24, 2.45) is 4.99 Å². The van der Waals surface area contributed by atoms with Crippen LogP contribution in [0.15, 0.2) is 29.3 Å². The Hall–Kier alpha value is -1.58. The van der Waals surface area contributed by atoms with Gasteiger partial charge in [0.05, 0.1) is 0 Å². The molecule has 0 bridgehead atoms. The van der Waals surface area contributed by atoms with Crippen molar-refractivity contribution in [1.29, 1.82) is 0 Å². The van der Waals surface area contributed by atoms with Crippen LogP contribution in [0, 0.1) is 5.82 Å². The van der Waals surface area contributed by atoms with Crippen LogP contribution in [0.5, 0.6) is 0 Å². The molecule has 27 heavy (non-hydrogen) atoms. The van der Waals surface area contributed by atoms with Gasteiger partial charge in [0.15, 0.2) is 5.96 Å². The highest BCUT2D eigenvalue weighted by Crippen LogP contribution is 2.06. The maximum atomic E-state index is 13.1. The highest BCUT2D eigenvalue weighted by atomic mass is 127. The van der Waals surface area contributed by atoms with Crippen LogP contribution in [0.25, 0.3) is 0 Å². The van der Waals surface area contributed by atoms with Gasteiger partial charge in [0, 0.05) is 26.7 Å². The second-order valence-electron chi connectivity index (χ2n) is 6.94. The summed E-state index contributed by atoms with van der Waals surface area (Å²) in [5.74, 6) is 0.509. The summed E-state index contributed by atoms with van der Waals surface area (Å²) < 4.78 is 18.3. The standard InChI is InChI=1S/C19H31FN4O2.HI/c1-19(2,3)26-18(25)24-13-7-12-23-17(21-4)22-11-6-9-15-8-5-10-16(20)14-15;/h5,8,10,14H,6-7,9,11-13H2,1-4H3,(H,24,25)(H2,21,22,23);1H. The van der Waals surface area contributed by atoms with Crippen molar-refractivity contribution in [3.05, 3.63) is 35.6 Å². The molecule has 0 radical (unpaired) electrons. The third-order valence-electron chi connectivity index (χ3n) is 3.36. The molecule has 1 rings (SSSR count). The smallest absolute Gasteiger partial charge is 0.407 e. The zero-order valence-electron chi connectivity index (χ0n) is 16.6. The topological polar surface area (TPSA) is 74.8 Å². The number of rotatable bonds is 8. The Morgan fingerprint density at radius 3 is 2.33 bits per heavy atom. The Kier molecular flexibility index (Phi) is 12.8. The summed E-state index contributed by atoms with van der Waals surface area (Å²) in [6.07, 6.45) is 2.03. The van der Waals surface area contributed by atoms with Crippen molar-refractivity contribution >= 4 is 36.0 Å². The number of halogens is 2. The van der Waals surface area contributed by atoms with E-state index in [4.69, 9.17) is 4.74 Å². The summed E-state index contributed by atoms with van der Waals surface area (Å²) in [5.41, 5.74) is 0.503. The minimum Gasteiger partial charge on any atom is -0.444 e. The lowest BCUT2D eigenvalue weighted by molar-refractivity contribution is 0.0527. The molecule has 0 aliphatic heterocycles. The number of guanidine groups is 1. The van der Waals surface area contributed by atoms with Gasteiger partial charge in [-0.05, 0) is 57.7 Å². The maximum Gasteiger partial charge on any atom is 0.407 e. The summed E-state index contributed by atoms with van der Waals surface area (Å²) >= 11 is 0. The number of aliphatic imine (C=N–C) groups is 1. The SMILES string of the molecule is CN=C(NCCCNC(=O)OC(C)(C)C)NCCCc1cccc(F)c1.I. The fourth-order valence-electron chi connectivity index (χ4n) is 2.21. The monoisotopic (exact) mass is 494 g/mol. The van der Waals surface area contributed by atoms with Crippen molar-refractivity contribution in [3.63, 3.8) is 0 Å². The van der Waals surface area contributed by atoms with E-state index in [1.54, 1.807) is 19.2 Å². The number of hydrogen-bond donors (Lipinski definition) is 3. The van der Waals surface area contributed by atoms with Gasteiger partial charge in [0.1, 0.15) is 11.4 Å². The highest BCUT2D eigenvalue weighted by Gasteiger charge is 2.15. The number of nitrogens with one attached hydrogen (secondary N) is 3. The number of ether oxygens (including phenoxy) is 1. The van der Waals surface area contributed by atoms with E-state index in [0.29, 0.717) is 19.0 Å². The van der Waals surface area contributed by atoms with Crippen LogP contribution >= 0.6 is 24.0 Å². The van der Waals surface area contributed by atoms with Crippen LogP contribution in [-0.4, -0.2) is 44.3 Å². The van der Waals surface area contributed by atoms with E-state index in [2.05, 4.69) is 20.9 Å². The second-order valence-corrected chi connectivity index (χ2v) is 6.94. The van der Waals surface area contributed by atoms with Gasteiger partial charge in [0.2, 0.25) is 0 Å². The Morgan fingerprint density at radius 1 is 1.11 bits per heavy atom. The molecule has 0 heterocycles. The van der Waals surface area contributed by atoms with Crippen LogP contribution in [0.1, 0.15) is 39.2 Å². The lowest BCUT2D eigenvalue weighted by Gasteiger charge is -2.19. The summed E-state index contributed by atoms with van der Waals surface area (Å²) in [5, 5.41) is 9.12. The van der Waals surface area contributed by atoms with Crippen LogP contribution in [0.3, 0.4) is 0 Å². The van der Waals surface area contributed by atoms with Crippen molar-refractivity contribution in [3.8, 4) is 0 Å². The summed E-state index contributed by atoms with van der Waals surface area (Å²) in [4.78, 5) is 15.7. The molecule has 0 saturated carbocycles. The summed E-state index contributed by atoms with van der Waals surface area (Å²) in [6.45, 7) is 7.44. The van der Waals surface area contributed by atoms with Gasteiger partial charge in [-0.3, -0.25) is 4.99 Å². The maximum absolute atomic E-state index is 13.1. The van der Waals surface area contributed by atoms with Crippen molar-refractivity contribution in [2.45, 2.75) is 45.6 Å². The van der Waals surface area contributed by atoms with E-state index in [-0.39, 0.29) is 29.8 Å². The molecule has 0 aromatic heterocycles. The lowest BCUT2D eigenvalue weighted by Crippen LogP contribution is -2.39. The predicted octanol–water partition coefficient (Wildman–Crippen LogP) is 3.46. The lowest BCUT2D eigenvalue weighted by atomic mass is 10.1. The van der Waals surface area contributed by atoms with Gasteiger partial charge in [-0.25, -0.2) is 9.18 Å².